The second-order valence-corrected chi connectivity index (χ2v) is 6.09. The number of halogens is 2. The molecule has 20 heavy (non-hydrogen) atoms. The Balaban J connectivity index is 1.89. The molecule has 3 rings (SSSR count). The van der Waals surface area contributed by atoms with Gasteiger partial charge in [-0.05, 0) is 35.2 Å². The van der Waals surface area contributed by atoms with Crippen molar-refractivity contribution in [3.05, 3.63) is 57.0 Å². The van der Waals surface area contributed by atoms with Gasteiger partial charge in [-0.3, -0.25) is 0 Å². The van der Waals surface area contributed by atoms with Crippen molar-refractivity contribution < 1.29 is 4.52 Å². The van der Waals surface area contributed by atoms with Gasteiger partial charge in [-0.2, -0.15) is 16.3 Å². The third-order valence-corrected chi connectivity index (χ3v) is 4.00. The molecule has 2 aromatic heterocycles. The molecule has 0 fully saturated rings. The van der Waals surface area contributed by atoms with E-state index in [0.717, 1.165) is 15.6 Å². The first kappa shape index (κ1) is 13.5. The lowest BCUT2D eigenvalue weighted by Crippen LogP contribution is -1.79. The molecule has 0 bridgehead atoms. The molecule has 0 unspecified atom stereocenters. The van der Waals surface area contributed by atoms with Gasteiger partial charge in [0, 0.05) is 15.4 Å². The van der Waals surface area contributed by atoms with Gasteiger partial charge in [-0.15, -0.1) is 0 Å². The number of benzene rings is 1. The van der Waals surface area contributed by atoms with Gasteiger partial charge >= 0.3 is 0 Å². The standard InChI is InChI=1S/C14H8BrClN2OS/c15-11-3-1-2-9(6-11)7-12(16)14-17-13(18-19-14)10-4-5-20-8-10/h1-8H/b12-7-. The van der Waals surface area contributed by atoms with Crippen molar-refractivity contribution in [1.29, 1.82) is 0 Å². The van der Waals surface area contributed by atoms with Crippen LogP contribution in [-0.2, 0) is 0 Å². The predicted octanol–water partition coefficient (Wildman–Crippen LogP) is 5.30. The lowest BCUT2D eigenvalue weighted by Gasteiger charge is -1.95. The first-order valence-electron chi connectivity index (χ1n) is 5.72. The van der Waals surface area contributed by atoms with Crippen molar-refractivity contribution in [2.24, 2.45) is 0 Å². The molecular formula is C14H8BrClN2OS. The summed E-state index contributed by atoms with van der Waals surface area (Å²) >= 11 is 11.2. The Hall–Kier alpha value is -1.43. The number of aromatic nitrogens is 2. The molecule has 100 valence electrons. The van der Waals surface area contributed by atoms with Crippen molar-refractivity contribution in [2.45, 2.75) is 0 Å². The molecule has 3 aromatic rings. The average molecular weight is 368 g/mol. The van der Waals surface area contributed by atoms with Crippen LogP contribution in [0.5, 0.6) is 0 Å². The van der Waals surface area contributed by atoms with Gasteiger partial charge in [0.2, 0.25) is 5.82 Å². The topological polar surface area (TPSA) is 38.9 Å². The number of hydrogen-bond donors (Lipinski definition) is 0. The van der Waals surface area contributed by atoms with E-state index in [9.17, 15) is 0 Å². The van der Waals surface area contributed by atoms with Crippen LogP contribution in [0.3, 0.4) is 0 Å². The van der Waals surface area contributed by atoms with E-state index >= 15 is 0 Å². The maximum atomic E-state index is 6.22. The highest BCUT2D eigenvalue weighted by Gasteiger charge is 2.11. The number of hydrogen-bond acceptors (Lipinski definition) is 4. The molecule has 3 nitrogen and oxygen atoms in total. The van der Waals surface area contributed by atoms with Crippen LogP contribution in [0.4, 0.5) is 0 Å². The smallest absolute Gasteiger partial charge is 0.269 e. The highest BCUT2D eigenvalue weighted by molar-refractivity contribution is 9.10. The Labute approximate surface area is 133 Å². The number of rotatable bonds is 3. The van der Waals surface area contributed by atoms with Crippen LogP contribution in [-0.4, -0.2) is 10.1 Å². The van der Waals surface area contributed by atoms with Gasteiger partial charge in [0.05, 0.1) is 0 Å². The Morgan fingerprint density at radius 1 is 1.35 bits per heavy atom. The molecule has 0 N–H and O–H groups in total. The SMILES string of the molecule is Cl/C(=C\c1cccc(Br)c1)c1nc(-c2ccsc2)no1. The molecule has 2 heterocycles. The maximum Gasteiger partial charge on any atom is 0.269 e. The molecule has 6 heteroatoms. The molecule has 0 spiro atoms. The van der Waals surface area contributed by atoms with Gasteiger partial charge in [0.15, 0.2) is 0 Å². The van der Waals surface area contributed by atoms with Crippen LogP contribution in [0.1, 0.15) is 11.5 Å². The average Bonchev–Trinajstić information content (AvgIpc) is 3.10. The third kappa shape index (κ3) is 3.00. The molecule has 1 aromatic carbocycles. The van der Waals surface area contributed by atoms with E-state index in [1.165, 1.54) is 0 Å². The second kappa shape index (κ2) is 5.91. The molecule has 0 saturated carbocycles. The third-order valence-electron chi connectivity index (χ3n) is 2.55. The van der Waals surface area contributed by atoms with E-state index < -0.39 is 0 Å². The zero-order valence-corrected chi connectivity index (χ0v) is 13.2. The van der Waals surface area contributed by atoms with E-state index in [-0.39, 0.29) is 0 Å². The Bertz CT molecular complexity index is 752. The highest BCUT2D eigenvalue weighted by atomic mass is 79.9. The molecule has 0 atom stereocenters. The summed E-state index contributed by atoms with van der Waals surface area (Å²) in [5.74, 6) is 0.856. The Morgan fingerprint density at radius 3 is 3.00 bits per heavy atom. The van der Waals surface area contributed by atoms with Gasteiger partial charge < -0.3 is 4.52 Å². The van der Waals surface area contributed by atoms with Gasteiger partial charge in [0.25, 0.3) is 5.89 Å². The Kier molecular flexibility index (Phi) is 4.00. The van der Waals surface area contributed by atoms with Crippen molar-refractivity contribution in [2.75, 3.05) is 0 Å². The van der Waals surface area contributed by atoms with E-state index in [0.29, 0.717) is 16.7 Å². The normalized spacial score (nSPS) is 11.8. The lowest BCUT2D eigenvalue weighted by atomic mass is 10.2. The molecule has 0 aliphatic rings. The van der Waals surface area contributed by atoms with Gasteiger partial charge in [-0.1, -0.05) is 44.8 Å². The fraction of sp³-hybridized carbons (Fsp3) is 0. The van der Waals surface area contributed by atoms with Crippen LogP contribution >= 0.6 is 38.9 Å². The summed E-state index contributed by atoms with van der Waals surface area (Å²) in [6.45, 7) is 0. The van der Waals surface area contributed by atoms with Gasteiger partial charge in [0.1, 0.15) is 5.03 Å². The Morgan fingerprint density at radius 2 is 2.25 bits per heavy atom. The van der Waals surface area contributed by atoms with E-state index in [1.54, 1.807) is 17.4 Å². The number of nitrogens with zero attached hydrogens (tertiary/aromatic N) is 2. The van der Waals surface area contributed by atoms with Crippen LogP contribution in [0.15, 0.2) is 50.1 Å². The maximum absolute atomic E-state index is 6.22. The van der Waals surface area contributed by atoms with E-state index in [2.05, 4.69) is 26.1 Å². The lowest BCUT2D eigenvalue weighted by molar-refractivity contribution is 0.410. The summed E-state index contributed by atoms with van der Waals surface area (Å²) in [6, 6.07) is 9.73. The van der Waals surface area contributed by atoms with E-state index in [1.807, 2.05) is 41.1 Å². The minimum atomic E-state index is 0.313. The van der Waals surface area contributed by atoms with Crippen LogP contribution in [0.25, 0.3) is 22.5 Å². The van der Waals surface area contributed by atoms with Gasteiger partial charge in [-0.25, -0.2) is 0 Å². The summed E-state index contributed by atoms with van der Waals surface area (Å²) < 4.78 is 6.17. The molecule has 0 radical (unpaired) electrons. The molecule has 0 amide bonds. The minimum absolute atomic E-state index is 0.313. The summed E-state index contributed by atoms with van der Waals surface area (Å²) in [4.78, 5) is 4.29. The monoisotopic (exact) mass is 366 g/mol. The summed E-state index contributed by atoms with van der Waals surface area (Å²) in [5, 5.41) is 8.26. The van der Waals surface area contributed by atoms with E-state index in [4.69, 9.17) is 16.1 Å². The zero-order valence-electron chi connectivity index (χ0n) is 10.1. The fourth-order valence-corrected chi connectivity index (χ4v) is 2.89. The summed E-state index contributed by atoms with van der Waals surface area (Å²) in [6.07, 6.45) is 1.79. The molecule has 0 aliphatic heterocycles. The molecule has 0 saturated heterocycles. The van der Waals surface area contributed by atoms with Crippen molar-refractivity contribution >= 4 is 50.0 Å². The largest absolute Gasteiger partial charge is 0.333 e. The highest BCUT2D eigenvalue weighted by Crippen LogP contribution is 2.25. The summed E-state index contributed by atoms with van der Waals surface area (Å²) in [5.41, 5.74) is 1.89. The number of thiophene rings is 1. The molecular weight excluding hydrogens is 360 g/mol. The summed E-state index contributed by atoms with van der Waals surface area (Å²) in [7, 11) is 0. The van der Waals surface area contributed by atoms with Crippen LogP contribution in [0.2, 0.25) is 0 Å². The quantitative estimate of drug-likeness (QED) is 0.630. The zero-order chi connectivity index (χ0) is 13.9. The van der Waals surface area contributed by atoms with Crippen molar-refractivity contribution in [3.8, 4) is 11.4 Å². The first-order chi connectivity index (χ1) is 9.72. The first-order valence-corrected chi connectivity index (χ1v) is 7.83. The minimum Gasteiger partial charge on any atom is -0.333 e. The second-order valence-electron chi connectivity index (χ2n) is 3.98. The van der Waals surface area contributed by atoms with Crippen LogP contribution < -0.4 is 0 Å². The van der Waals surface area contributed by atoms with Crippen molar-refractivity contribution in [1.82, 2.24) is 10.1 Å². The fourth-order valence-electron chi connectivity index (χ4n) is 1.63. The predicted molar refractivity (Wildman–Crippen MR) is 85.5 cm³/mol. The molecule has 0 aliphatic carbocycles. The van der Waals surface area contributed by atoms with Crippen LogP contribution in [0, 0.1) is 0 Å². The van der Waals surface area contributed by atoms with Crippen molar-refractivity contribution in [3.63, 3.8) is 0 Å².